The average Bonchev–Trinajstić information content (AvgIpc) is 3.99. The molecule has 6 nitrogen and oxygen atoms in total. The number of hydrogen-bond donors (Lipinski definition) is 0. The second-order valence-electron chi connectivity index (χ2n) is 11.7. The molecule has 0 fully saturated rings. The molecular weight excluding hydrogens is 625 g/mol. The molecule has 0 amide bonds. The van der Waals surface area contributed by atoms with Crippen molar-refractivity contribution in [3.8, 4) is 29.0 Å². The minimum atomic E-state index is -0.796. The first-order valence-electron chi connectivity index (χ1n) is 23.8. The van der Waals surface area contributed by atoms with Gasteiger partial charge in [0, 0.05) is 37.9 Å². The highest BCUT2D eigenvalue weighted by molar-refractivity contribution is 6.11. The number of benzene rings is 7. The van der Waals surface area contributed by atoms with Crippen LogP contribution in [0.4, 0.5) is 0 Å². The molecule has 6 heteroatoms. The Balaban J connectivity index is 1.38. The predicted molar refractivity (Wildman–Crippen MR) is 208 cm³/mol. The monoisotopic (exact) mass is 668 g/mol. The lowest BCUT2D eigenvalue weighted by Crippen LogP contribution is -2.11. The summed E-state index contributed by atoms with van der Waals surface area (Å²) in [6.45, 7) is 0. The first-order valence-corrected chi connectivity index (χ1v) is 15.8. The van der Waals surface area contributed by atoms with Gasteiger partial charge in [0.25, 0.3) is 0 Å². The van der Waals surface area contributed by atoms with Gasteiger partial charge in [0.1, 0.15) is 0 Å². The summed E-state index contributed by atoms with van der Waals surface area (Å²) >= 11 is 0. The van der Waals surface area contributed by atoms with Crippen LogP contribution >= 0.6 is 0 Å². The molecule has 0 atom stereocenters. The van der Waals surface area contributed by atoms with Gasteiger partial charge in [0.15, 0.2) is 5.82 Å². The quantitative estimate of drug-likeness (QED) is 0.188. The smallest absolute Gasteiger partial charge is 0.240 e. The van der Waals surface area contributed by atoms with Crippen LogP contribution in [0.3, 0.4) is 0 Å². The molecule has 0 saturated heterocycles. The van der Waals surface area contributed by atoms with Crippen LogP contribution in [0.2, 0.25) is 0 Å². The number of hydrogen-bond acceptors (Lipinski definition) is 3. The number of rotatable bonds is 4. The van der Waals surface area contributed by atoms with Gasteiger partial charge in [-0.25, -0.2) is 0 Å². The first-order chi connectivity index (χ1) is 32.0. The average molecular weight is 669 g/mol. The van der Waals surface area contributed by atoms with Gasteiger partial charge in [-0.15, -0.1) is 0 Å². The Labute approximate surface area is 314 Å². The lowest BCUT2D eigenvalue weighted by atomic mass is 10.1. The fourth-order valence-electron chi connectivity index (χ4n) is 6.96. The molecule has 7 aromatic carbocycles. The van der Waals surface area contributed by atoms with E-state index in [0.717, 1.165) is 15.3 Å². The van der Waals surface area contributed by atoms with Crippen LogP contribution in [0, 0.1) is 0 Å². The highest BCUT2D eigenvalue weighted by Crippen LogP contribution is 2.37. The largest absolute Gasteiger partial charge is 0.309 e. The molecule has 51 heavy (non-hydrogen) atoms. The molecule has 11 aromatic rings. The molecule has 0 radical (unpaired) electrons. The van der Waals surface area contributed by atoms with Crippen LogP contribution < -0.4 is 0 Å². The van der Waals surface area contributed by atoms with Gasteiger partial charge >= 0.3 is 0 Å². The zero-order valence-electron chi connectivity index (χ0n) is 42.1. The molecule has 0 spiro atoms. The molecule has 0 aliphatic rings. The Morgan fingerprint density at radius 3 is 1.29 bits per heavy atom. The maximum atomic E-state index is 9.58. The topological polar surface area (TPSA) is 53.5 Å². The standard InChI is InChI=1S/C45H28N6/c1-8-22-36-29(15-1)30-16-2-9-23-37(30)49(36)42-28-14-7-21-35(42)43-46-44(50-38-24-10-3-17-31(38)32-18-4-11-25-39(32)50)48-45(47-43)51-40-26-12-5-19-33(40)34-20-6-13-27-41(34)51/h1-28H/i1D,2D,3D,7D,8D,9D,10D,14D,15D,16D,17D,21D,22D,23D,24D,28D. The van der Waals surface area contributed by atoms with Crippen molar-refractivity contribution in [1.29, 1.82) is 0 Å². The molecule has 0 aliphatic heterocycles. The van der Waals surface area contributed by atoms with Gasteiger partial charge in [-0.2, -0.15) is 15.0 Å². The van der Waals surface area contributed by atoms with E-state index in [1.165, 1.54) is 4.57 Å². The lowest BCUT2D eigenvalue weighted by Gasteiger charge is -2.16. The Hall–Kier alpha value is -7.05. The van der Waals surface area contributed by atoms with E-state index in [1.54, 1.807) is 28.8 Å². The van der Waals surface area contributed by atoms with E-state index in [9.17, 15) is 6.85 Å². The SMILES string of the molecule is [2H]c1c([2H])c([2H])c(-n2c3c([2H])c([2H])c([2H])c([2H])c3c3c([2H])c([2H])c([2H])c([2H])c32)c(-c2nc(-n3c4ccccc4c4ccccc43)nc(-n3c4ccccc4c4c([2H])c([2H])c([2H])c([2H])c43)n2)c1[2H]. The van der Waals surface area contributed by atoms with Crippen molar-refractivity contribution in [3.05, 3.63) is 169 Å². The Bertz CT molecular complexity index is 3950. The van der Waals surface area contributed by atoms with Crippen molar-refractivity contribution >= 4 is 65.4 Å². The fourth-order valence-corrected chi connectivity index (χ4v) is 6.96. The van der Waals surface area contributed by atoms with E-state index < -0.39 is 119 Å². The van der Waals surface area contributed by atoms with Crippen LogP contribution in [-0.4, -0.2) is 28.7 Å². The summed E-state index contributed by atoms with van der Waals surface area (Å²) in [6.07, 6.45) is 0. The molecule has 4 heterocycles. The predicted octanol–water partition coefficient (Wildman–Crippen LogP) is 10.8. The molecule has 0 bridgehead atoms. The Morgan fingerprint density at radius 1 is 0.353 bits per heavy atom. The van der Waals surface area contributed by atoms with Crippen molar-refractivity contribution in [3.63, 3.8) is 0 Å². The first kappa shape index (κ1) is 16.6. The molecule has 11 rings (SSSR count). The Kier molecular flexibility index (Phi) is 3.48. The van der Waals surface area contributed by atoms with Crippen LogP contribution in [0.15, 0.2) is 169 Å². The highest BCUT2D eigenvalue weighted by Gasteiger charge is 2.22. The number of aromatic nitrogens is 6. The van der Waals surface area contributed by atoms with Gasteiger partial charge in [0.05, 0.1) is 60.7 Å². The maximum Gasteiger partial charge on any atom is 0.240 e. The van der Waals surface area contributed by atoms with Gasteiger partial charge in [0.2, 0.25) is 11.9 Å². The number of para-hydroxylation sites is 7. The summed E-state index contributed by atoms with van der Waals surface area (Å²) in [5.41, 5.74) is -0.236. The van der Waals surface area contributed by atoms with E-state index in [2.05, 4.69) is 0 Å². The second kappa shape index (κ2) is 10.7. The highest BCUT2D eigenvalue weighted by atomic mass is 15.3. The molecule has 0 saturated carbocycles. The lowest BCUT2D eigenvalue weighted by molar-refractivity contribution is 0.892. The molecule has 0 N–H and O–H groups in total. The van der Waals surface area contributed by atoms with Crippen LogP contribution in [0.1, 0.15) is 21.9 Å². The summed E-state index contributed by atoms with van der Waals surface area (Å²) in [5, 5.41) is 1.51. The van der Waals surface area contributed by atoms with Gasteiger partial charge in [-0.1, -0.05) is 121 Å². The van der Waals surface area contributed by atoms with Crippen molar-refractivity contribution < 1.29 is 21.9 Å². The third-order valence-corrected chi connectivity index (χ3v) is 9.05. The van der Waals surface area contributed by atoms with Gasteiger partial charge in [-0.05, 0) is 48.4 Å². The third kappa shape index (κ3) is 4.01. The van der Waals surface area contributed by atoms with Crippen molar-refractivity contribution in [2.45, 2.75) is 0 Å². The summed E-state index contributed by atoms with van der Waals surface area (Å²) in [4.78, 5) is 14.8. The van der Waals surface area contributed by atoms with Crippen molar-refractivity contribution in [1.82, 2.24) is 28.7 Å². The number of nitrogens with zero attached hydrogens (tertiary/aromatic N) is 6. The summed E-state index contributed by atoms with van der Waals surface area (Å²) in [6, 6.07) is 11.1. The van der Waals surface area contributed by atoms with E-state index in [-0.39, 0.29) is 39.6 Å². The molecule has 0 unspecified atom stereocenters. The zero-order valence-corrected chi connectivity index (χ0v) is 26.1. The molecule has 4 aromatic heterocycles. The summed E-state index contributed by atoms with van der Waals surface area (Å²) in [5.74, 6) is -0.789. The van der Waals surface area contributed by atoms with E-state index >= 15 is 0 Å². The molecular formula is C45H28N6. The number of fused-ring (bicyclic) bond motifs is 9. The minimum absolute atomic E-state index is 0.0119. The maximum absolute atomic E-state index is 9.58. The molecule has 0 aliphatic carbocycles. The van der Waals surface area contributed by atoms with Crippen molar-refractivity contribution in [2.24, 2.45) is 0 Å². The van der Waals surface area contributed by atoms with E-state index in [4.69, 9.17) is 30.0 Å². The van der Waals surface area contributed by atoms with E-state index in [0.29, 0.717) is 21.9 Å². The van der Waals surface area contributed by atoms with Crippen LogP contribution in [0.5, 0.6) is 0 Å². The van der Waals surface area contributed by atoms with Crippen LogP contribution in [0.25, 0.3) is 94.4 Å². The zero-order chi connectivity index (χ0) is 47.4. The minimum Gasteiger partial charge on any atom is -0.309 e. The second-order valence-corrected chi connectivity index (χ2v) is 11.7. The molecule has 238 valence electrons. The fraction of sp³-hybridized carbons (Fsp3) is 0. The summed E-state index contributed by atoms with van der Waals surface area (Å²) in [7, 11) is 0. The van der Waals surface area contributed by atoms with Gasteiger partial charge < -0.3 is 4.57 Å². The van der Waals surface area contributed by atoms with Crippen LogP contribution in [-0.2, 0) is 0 Å². The van der Waals surface area contributed by atoms with Gasteiger partial charge in [-0.3, -0.25) is 9.13 Å². The van der Waals surface area contributed by atoms with E-state index in [1.807, 2.05) is 48.5 Å². The Morgan fingerprint density at radius 2 is 0.745 bits per heavy atom. The normalized spacial score (nSPS) is 16.3. The van der Waals surface area contributed by atoms with Crippen molar-refractivity contribution in [2.75, 3.05) is 0 Å². The summed E-state index contributed by atoms with van der Waals surface area (Å²) < 4.78 is 148. The third-order valence-electron chi connectivity index (χ3n) is 9.05.